The summed E-state index contributed by atoms with van der Waals surface area (Å²) in [5.74, 6) is 0.0813. The molecule has 192 valence electrons. The van der Waals surface area contributed by atoms with Crippen LogP contribution in [-0.4, -0.2) is 58.7 Å². The number of hydrogen-bond acceptors (Lipinski definition) is 5. The standard InChI is InChI=1S/C28H41N3O4/c1-3-17-31(18-4-2)28(35)12-8-11-27(34)30-25(19-22-13-15-24(32)16-14-22)26(33)21-29-20-23-9-6-5-7-10-23/h5-7,9-10,13-16,25-26,29,32-33H,3-4,8,11-12,17-21H2,1-2H3,(H,30,34)/t25-,26+/m0/s1. The number of nitrogens with zero attached hydrogens (tertiary/aromatic N) is 1. The number of carbonyl (C=O) groups is 2. The monoisotopic (exact) mass is 483 g/mol. The predicted octanol–water partition coefficient (Wildman–Crippen LogP) is 3.39. The molecule has 0 unspecified atom stereocenters. The Balaban J connectivity index is 1.90. The second-order valence-corrected chi connectivity index (χ2v) is 8.96. The Morgan fingerprint density at radius 2 is 1.57 bits per heavy atom. The maximum Gasteiger partial charge on any atom is 0.222 e. The number of hydrogen-bond donors (Lipinski definition) is 4. The number of phenolic OH excluding ortho intramolecular Hbond substituents is 1. The minimum atomic E-state index is -0.803. The highest BCUT2D eigenvalue weighted by molar-refractivity contribution is 5.79. The van der Waals surface area contributed by atoms with E-state index in [-0.39, 0.29) is 24.0 Å². The van der Waals surface area contributed by atoms with Gasteiger partial charge in [0.25, 0.3) is 0 Å². The van der Waals surface area contributed by atoms with Gasteiger partial charge in [-0.15, -0.1) is 0 Å². The van der Waals surface area contributed by atoms with Crippen molar-refractivity contribution in [1.29, 1.82) is 0 Å². The van der Waals surface area contributed by atoms with E-state index in [0.717, 1.165) is 37.1 Å². The van der Waals surface area contributed by atoms with Crippen LogP contribution in [0.1, 0.15) is 57.1 Å². The molecule has 0 radical (unpaired) electrons. The number of carbonyl (C=O) groups excluding carboxylic acids is 2. The average Bonchev–Trinajstić information content (AvgIpc) is 2.85. The molecular formula is C28H41N3O4. The van der Waals surface area contributed by atoms with Crippen LogP contribution in [-0.2, 0) is 22.6 Å². The lowest BCUT2D eigenvalue weighted by atomic mass is 10.0. The molecule has 0 spiro atoms. The molecule has 35 heavy (non-hydrogen) atoms. The number of amides is 2. The van der Waals surface area contributed by atoms with Crippen LogP contribution >= 0.6 is 0 Å². The molecule has 2 amide bonds. The molecule has 2 aromatic rings. The number of benzene rings is 2. The number of phenols is 1. The van der Waals surface area contributed by atoms with E-state index < -0.39 is 12.1 Å². The van der Waals surface area contributed by atoms with Gasteiger partial charge in [0.15, 0.2) is 0 Å². The average molecular weight is 484 g/mol. The smallest absolute Gasteiger partial charge is 0.222 e. The molecule has 4 N–H and O–H groups in total. The van der Waals surface area contributed by atoms with Crippen LogP contribution in [0.4, 0.5) is 0 Å². The van der Waals surface area contributed by atoms with Crippen molar-refractivity contribution in [2.24, 2.45) is 0 Å². The van der Waals surface area contributed by atoms with Crippen molar-refractivity contribution < 1.29 is 19.8 Å². The van der Waals surface area contributed by atoms with Crippen LogP contribution in [0.2, 0.25) is 0 Å². The molecule has 0 bridgehead atoms. The third kappa shape index (κ3) is 10.9. The van der Waals surface area contributed by atoms with E-state index in [1.54, 1.807) is 24.3 Å². The molecule has 7 nitrogen and oxygen atoms in total. The highest BCUT2D eigenvalue weighted by atomic mass is 16.3. The van der Waals surface area contributed by atoms with Gasteiger partial charge in [-0.2, -0.15) is 0 Å². The van der Waals surface area contributed by atoms with E-state index in [4.69, 9.17) is 0 Å². The summed E-state index contributed by atoms with van der Waals surface area (Å²) in [4.78, 5) is 27.0. The molecule has 0 aliphatic carbocycles. The third-order valence-corrected chi connectivity index (χ3v) is 5.86. The fourth-order valence-corrected chi connectivity index (χ4v) is 4.01. The molecule has 0 aliphatic rings. The number of nitrogens with one attached hydrogen (secondary N) is 2. The minimum absolute atomic E-state index is 0.0901. The summed E-state index contributed by atoms with van der Waals surface area (Å²) < 4.78 is 0. The van der Waals surface area contributed by atoms with E-state index >= 15 is 0 Å². The zero-order valence-corrected chi connectivity index (χ0v) is 21.1. The van der Waals surface area contributed by atoms with E-state index in [2.05, 4.69) is 24.5 Å². The molecule has 7 heteroatoms. The second-order valence-electron chi connectivity index (χ2n) is 8.96. The lowest BCUT2D eigenvalue weighted by molar-refractivity contribution is -0.131. The highest BCUT2D eigenvalue weighted by Gasteiger charge is 2.22. The summed E-state index contributed by atoms with van der Waals surface area (Å²) in [7, 11) is 0. The van der Waals surface area contributed by atoms with Gasteiger partial charge < -0.3 is 25.7 Å². The SMILES string of the molecule is CCCN(CCC)C(=O)CCCC(=O)N[C@@H](Cc1ccc(O)cc1)[C@H](O)CNCc1ccccc1. The zero-order chi connectivity index (χ0) is 25.5. The first-order valence-electron chi connectivity index (χ1n) is 12.7. The van der Waals surface area contributed by atoms with E-state index in [0.29, 0.717) is 32.4 Å². The van der Waals surface area contributed by atoms with Crippen molar-refractivity contribution in [3.63, 3.8) is 0 Å². The predicted molar refractivity (Wildman–Crippen MR) is 139 cm³/mol. The van der Waals surface area contributed by atoms with Crippen molar-refractivity contribution in [3.8, 4) is 5.75 Å². The maximum absolute atomic E-state index is 12.7. The Labute approximate surface area is 209 Å². The zero-order valence-electron chi connectivity index (χ0n) is 21.1. The van der Waals surface area contributed by atoms with E-state index in [9.17, 15) is 19.8 Å². The van der Waals surface area contributed by atoms with Crippen LogP contribution in [0.15, 0.2) is 54.6 Å². The Morgan fingerprint density at radius 3 is 2.20 bits per heavy atom. The number of aliphatic hydroxyl groups excluding tert-OH is 1. The van der Waals surface area contributed by atoms with E-state index in [1.807, 2.05) is 35.2 Å². The van der Waals surface area contributed by atoms with E-state index in [1.165, 1.54) is 0 Å². The van der Waals surface area contributed by atoms with Crippen molar-refractivity contribution >= 4 is 11.8 Å². The van der Waals surface area contributed by atoms with Gasteiger partial charge in [0.2, 0.25) is 11.8 Å². The summed E-state index contributed by atoms with van der Waals surface area (Å²) >= 11 is 0. The van der Waals surface area contributed by atoms with Gasteiger partial charge in [0, 0.05) is 39.0 Å². The third-order valence-electron chi connectivity index (χ3n) is 5.86. The van der Waals surface area contributed by atoms with Gasteiger partial charge in [0.05, 0.1) is 12.1 Å². The first kappa shape index (κ1) is 28.3. The van der Waals surface area contributed by atoms with Crippen molar-refractivity contribution in [2.45, 2.75) is 71.1 Å². The van der Waals surface area contributed by atoms with Crippen LogP contribution in [0.3, 0.4) is 0 Å². The Bertz CT molecular complexity index is 868. The quantitative estimate of drug-likeness (QED) is 0.293. The molecule has 2 aromatic carbocycles. The second kappa shape index (κ2) is 15.9. The summed E-state index contributed by atoms with van der Waals surface area (Å²) in [5.41, 5.74) is 2.02. The van der Waals surface area contributed by atoms with Gasteiger partial charge in [-0.25, -0.2) is 0 Å². The molecule has 0 saturated heterocycles. The van der Waals surface area contributed by atoms with Crippen LogP contribution in [0, 0.1) is 0 Å². The largest absolute Gasteiger partial charge is 0.508 e. The van der Waals surface area contributed by atoms with Gasteiger partial charge in [-0.05, 0) is 48.9 Å². The Kier molecular flexibility index (Phi) is 12.9. The number of aromatic hydroxyl groups is 1. The summed E-state index contributed by atoms with van der Waals surface area (Å²) in [6.07, 6.45) is 2.51. The van der Waals surface area contributed by atoms with Crippen molar-refractivity contribution in [2.75, 3.05) is 19.6 Å². The van der Waals surface area contributed by atoms with Crippen molar-refractivity contribution in [3.05, 3.63) is 65.7 Å². The van der Waals surface area contributed by atoms with Gasteiger partial charge in [-0.1, -0.05) is 56.3 Å². The molecule has 0 fully saturated rings. The molecule has 0 heterocycles. The molecular weight excluding hydrogens is 442 g/mol. The number of rotatable bonds is 16. The summed E-state index contributed by atoms with van der Waals surface area (Å²) in [6.45, 7) is 6.53. The maximum atomic E-state index is 12.7. The topological polar surface area (TPSA) is 102 Å². The lowest BCUT2D eigenvalue weighted by Crippen LogP contribution is -2.48. The van der Waals surface area contributed by atoms with Crippen LogP contribution < -0.4 is 10.6 Å². The lowest BCUT2D eigenvalue weighted by Gasteiger charge is -2.25. The first-order chi connectivity index (χ1) is 16.9. The van der Waals surface area contributed by atoms with Crippen molar-refractivity contribution in [1.82, 2.24) is 15.5 Å². The molecule has 0 saturated carbocycles. The van der Waals surface area contributed by atoms with Gasteiger partial charge in [0.1, 0.15) is 5.75 Å². The molecule has 0 aliphatic heterocycles. The number of aliphatic hydroxyl groups is 1. The Hall–Kier alpha value is -2.90. The van der Waals surface area contributed by atoms with Gasteiger partial charge >= 0.3 is 0 Å². The highest BCUT2D eigenvalue weighted by Crippen LogP contribution is 2.13. The minimum Gasteiger partial charge on any atom is -0.508 e. The molecule has 0 aromatic heterocycles. The fourth-order valence-electron chi connectivity index (χ4n) is 4.01. The first-order valence-corrected chi connectivity index (χ1v) is 12.7. The van der Waals surface area contributed by atoms with Gasteiger partial charge in [-0.3, -0.25) is 9.59 Å². The van der Waals surface area contributed by atoms with Crippen LogP contribution in [0.25, 0.3) is 0 Å². The molecule has 2 atom stereocenters. The normalized spacial score (nSPS) is 12.7. The fraction of sp³-hybridized carbons (Fsp3) is 0.500. The Morgan fingerprint density at radius 1 is 0.914 bits per heavy atom. The summed E-state index contributed by atoms with van der Waals surface area (Å²) in [5, 5.41) is 26.6. The van der Waals surface area contributed by atoms with Crippen LogP contribution in [0.5, 0.6) is 5.75 Å². The summed E-state index contributed by atoms with van der Waals surface area (Å²) in [6, 6.07) is 16.2. The molecule has 2 rings (SSSR count).